The first-order chi connectivity index (χ1) is 12.3. The van der Waals surface area contributed by atoms with Crippen molar-refractivity contribution in [1.82, 2.24) is 4.98 Å². The van der Waals surface area contributed by atoms with Gasteiger partial charge in [-0.05, 0) is 62.2 Å². The summed E-state index contributed by atoms with van der Waals surface area (Å²) in [6.45, 7) is 5.96. The molecule has 1 aromatic heterocycles. The van der Waals surface area contributed by atoms with Crippen LogP contribution in [-0.2, 0) is 10.0 Å². The summed E-state index contributed by atoms with van der Waals surface area (Å²) in [5.41, 5.74) is 4.66. The summed E-state index contributed by atoms with van der Waals surface area (Å²) >= 11 is 0. The van der Waals surface area contributed by atoms with Crippen molar-refractivity contribution >= 4 is 27.2 Å². The second-order valence-electron chi connectivity index (χ2n) is 6.29. The molecule has 134 valence electrons. The van der Waals surface area contributed by atoms with Gasteiger partial charge in [-0.2, -0.15) is 0 Å². The highest BCUT2D eigenvalue weighted by Gasteiger charge is 2.14. The molecular weight excluding hydrogens is 346 g/mol. The number of nitrogens with zero attached hydrogens (tertiary/aromatic N) is 1. The molecule has 3 rings (SSSR count). The van der Waals surface area contributed by atoms with Crippen LogP contribution in [0.1, 0.15) is 16.7 Å². The highest BCUT2D eigenvalue weighted by atomic mass is 32.2. The van der Waals surface area contributed by atoms with E-state index >= 15 is 0 Å². The molecule has 0 unspecified atom stereocenters. The van der Waals surface area contributed by atoms with Gasteiger partial charge >= 0.3 is 0 Å². The lowest BCUT2D eigenvalue weighted by Crippen LogP contribution is -2.13. The molecule has 2 N–H and O–H groups in total. The molecular formula is C20H21N3O2S. The monoisotopic (exact) mass is 367 g/mol. The summed E-state index contributed by atoms with van der Waals surface area (Å²) in [5.74, 6) is 0.650. The molecule has 0 aliphatic carbocycles. The number of aryl methyl sites for hydroxylation is 3. The van der Waals surface area contributed by atoms with Crippen LogP contribution in [-0.4, -0.2) is 13.4 Å². The minimum absolute atomic E-state index is 0.223. The number of nitrogens with one attached hydrogen (secondary N) is 2. The first kappa shape index (κ1) is 17.9. The van der Waals surface area contributed by atoms with Gasteiger partial charge in [-0.15, -0.1) is 0 Å². The van der Waals surface area contributed by atoms with Crippen LogP contribution >= 0.6 is 0 Å². The van der Waals surface area contributed by atoms with E-state index in [1.54, 1.807) is 36.4 Å². The van der Waals surface area contributed by atoms with Gasteiger partial charge in [0, 0.05) is 5.69 Å². The van der Waals surface area contributed by atoms with E-state index in [4.69, 9.17) is 0 Å². The minimum atomic E-state index is -3.62. The number of hydrogen-bond acceptors (Lipinski definition) is 4. The Hall–Kier alpha value is -2.86. The van der Waals surface area contributed by atoms with Crippen LogP contribution in [0.5, 0.6) is 0 Å². The Kier molecular flexibility index (Phi) is 4.95. The first-order valence-electron chi connectivity index (χ1n) is 8.23. The number of sulfonamides is 1. The molecule has 0 saturated heterocycles. The lowest BCUT2D eigenvalue weighted by Gasteiger charge is -2.11. The molecule has 0 bridgehead atoms. The molecule has 5 nitrogen and oxygen atoms in total. The lowest BCUT2D eigenvalue weighted by atomic mass is 10.1. The molecule has 2 aromatic carbocycles. The number of anilines is 3. The van der Waals surface area contributed by atoms with E-state index in [0.717, 1.165) is 22.4 Å². The van der Waals surface area contributed by atoms with E-state index in [2.05, 4.69) is 21.1 Å². The molecule has 1 heterocycles. The van der Waals surface area contributed by atoms with Crippen LogP contribution in [0.4, 0.5) is 17.2 Å². The minimum Gasteiger partial charge on any atom is -0.340 e. The summed E-state index contributed by atoms with van der Waals surface area (Å²) in [7, 11) is -3.62. The molecule has 3 aromatic rings. The standard InChI is InChI=1S/C20H21N3O2S/c1-14-5-9-18(10-6-14)26(24,25)23-17-8-11-20(21-13-17)22-19-12-15(2)4-7-16(19)3/h4-13,23H,1-3H3,(H,21,22). The second kappa shape index (κ2) is 7.17. The van der Waals surface area contributed by atoms with Crippen LogP contribution in [0, 0.1) is 20.8 Å². The third-order valence-corrected chi connectivity index (χ3v) is 5.40. The molecule has 0 atom stereocenters. The summed E-state index contributed by atoms with van der Waals surface area (Å²) in [6.07, 6.45) is 1.50. The van der Waals surface area contributed by atoms with E-state index in [1.165, 1.54) is 6.20 Å². The molecule has 0 radical (unpaired) electrons. The Labute approximate surface area is 154 Å². The zero-order valence-corrected chi connectivity index (χ0v) is 15.8. The largest absolute Gasteiger partial charge is 0.340 e. The van der Waals surface area contributed by atoms with Crippen molar-refractivity contribution in [3.8, 4) is 0 Å². The Morgan fingerprint density at radius 2 is 1.54 bits per heavy atom. The molecule has 6 heteroatoms. The number of aromatic nitrogens is 1. The van der Waals surface area contributed by atoms with Crippen LogP contribution < -0.4 is 10.0 Å². The third-order valence-electron chi connectivity index (χ3n) is 4.00. The van der Waals surface area contributed by atoms with Gasteiger partial charge in [-0.3, -0.25) is 4.72 Å². The lowest BCUT2D eigenvalue weighted by molar-refractivity contribution is 0.601. The van der Waals surface area contributed by atoms with Gasteiger partial charge in [0.2, 0.25) is 0 Å². The fourth-order valence-corrected chi connectivity index (χ4v) is 3.51. The van der Waals surface area contributed by atoms with Gasteiger partial charge in [0.25, 0.3) is 10.0 Å². The van der Waals surface area contributed by atoms with Crippen molar-refractivity contribution in [3.63, 3.8) is 0 Å². The smallest absolute Gasteiger partial charge is 0.261 e. The van der Waals surface area contributed by atoms with E-state index < -0.39 is 10.0 Å². The molecule has 0 aliphatic heterocycles. The molecule has 0 fully saturated rings. The molecule has 0 saturated carbocycles. The van der Waals surface area contributed by atoms with Crippen molar-refractivity contribution in [2.75, 3.05) is 10.0 Å². The van der Waals surface area contributed by atoms with Crippen LogP contribution in [0.3, 0.4) is 0 Å². The first-order valence-corrected chi connectivity index (χ1v) is 9.72. The molecule has 26 heavy (non-hydrogen) atoms. The molecule has 0 amide bonds. The van der Waals surface area contributed by atoms with Gasteiger partial charge in [0.05, 0.1) is 16.8 Å². The molecule has 0 aliphatic rings. The number of benzene rings is 2. The van der Waals surface area contributed by atoms with Gasteiger partial charge in [0.15, 0.2) is 0 Å². The van der Waals surface area contributed by atoms with Gasteiger partial charge in [-0.1, -0.05) is 29.8 Å². The van der Waals surface area contributed by atoms with E-state index in [0.29, 0.717) is 11.5 Å². The van der Waals surface area contributed by atoms with E-state index in [-0.39, 0.29) is 4.90 Å². The van der Waals surface area contributed by atoms with Crippen LogP contribution in [0.2, 0.25) is 0 Å². The number of hydrogen-bond donors (Lipinski definition) is 2. The van der Waals surface area contributed by atoms with E-state index in [9.17, 15) is 8.42 Å². The van der Waals surface area contributed by atoms with E-state index in [1.807, 2.05) is 32.9 Å². The number of rotatable bonds is 5. The van der Waals surface area contributed by atoms with Crippen molar-refractivity contribution < 1.29 is 8.42 Å². The fraction of sp³-hybridized carbons (Fsp3) is 0.150. The quantitative estimate of drug-likeness (QED) is 0.694. The normalized spacial score (nSPS) is 11.2. The predicted molar refractivity (Wildman–Crippen MR) is 105 cm³/mol. The SMILES string of the molecule is Cc1ccc(S(=O)(=O)Nc2ccc(Nc3cc(C)ccc3C)nc2)cc1. The predicted octanol–water partition coefficient (Wildman–Crippen LogP) is 4.55. The Morgan fingerprint density at radius 3 is 2.19 bits per heavy atom. The number of pyridine rings is 1. The highest BCUT2D eigenvalue weighted by Crippen LogP contribution is 2.22. The summed E-state index contributed by atoms with van der Waals surface area (Å²) < 4.78 is 27.4. The Morgan fingerprint density at radius 1 is 0.846 bits per heavy atom. The van der Waals surface area contributed by atoms with Crippen LogP contribution in [0.15, 0.2) is 65.7 Å². The van der Waals surface area contributed by atoms with Gasteiger partial charge in [0.1, 0.15) is 5.82 Å². The topological polar surface area (TPSA) is 71.1 Å². The van der Waals surface area contributed by atoms with Crippen LogP contribution in [0.25, 0.3) is 0 Å². The van der Waals surface area contributed by atoms with Crippen molar-refractivity contribution in [2.45, 2.75) is 25.7 Å². The zero-order valence-electron chi connectivity index (χ0n) is 14.9. The van der Waals surface area contributed by atoms with Gasteiger partial charge in [-0.25, -0.2) is 13.4 Å². The Balaban J connectivity index is 1.75. The zero-order chi connectivity index (χ0) is 18.7. The third kappa shape index (κ3) is 4.21. The van der Waals surface area contributed by atoms with Crippen molar-refractivity contribution in [2.24, 2.45) is 0 Å². The summed E-state index contributed by atoms with van der Waals surface area (Å²) in [6, 6.07) is 16.3. The molecule has 0 spiro atoms. The maximum atomic E-state index is 12.4. The fourth-order valence-electron chi connectivity index (χ4n) is 2.47. The highest BCUT2D eigenvalue weighted by molar-refractivity contribution is 7.92. The van der Waals surface area contributed by atoms with Gasteiger partial charge < -0.3 is 5.32 Å². The maximum Gasteiger partial charge on any atom is 0.261 e. The summed E-state index contributed by atoms with van der Waals surface area (Å²) in [4.78, 5) is 4.52. The average Bonchev–Trinajstić information content (AvgIpc) is 2.60. The maximum absolute atomic E-state index is 12.4. The van der Waals surface area contributed by atoms with Crippen molar-refractivity contribution in [1.29, 1.82) is 0 Å². The van der Waals surface area contributed by atoms with Crippen molar-refractivity contribution in [3.05, 3.63) is 77.5 Å². The second-order valence-corrected chi connectivity index (χ2v) is 7.98. The summed E-state index contributed by atoms with van der Waals surface area (Å²) in [5, 5.41) is 3.25. The Bertz CT molecular complexity index is 1010. The average molecular weight is 367 g/mol.